The standard InChI is InChI=1S/C10H7F3N2O2/c11-10(12,13)17-8-3-1-7(2-4-8)5-9-14-6-16-15-9/h1-4,6H,5H2. The number of halogens is 3. The van der Waals surface area contributed by atoms with Gasteiger partial charge in [-0.15, -0.1) is 13.2 Å². The quantitative estimate of drug-likeness (QED) is 0.832. The Morgan fingerprint density at radius 1 is 1.18 bits per heavy atom. The van der Waals surface area contributed by atoms with E-state index in [0.717, 1.165) is 5.56 Å². The summed E-state index contributed by atoms with van der Waals surface area (Å²) in [7, 11) is 0. The van der Waals surface area contributed by atoms with E-state index in [1.54, 1.807) is 0 Å². The molecule has 1 aromatic carbocycles. The molecule has 0 fully saturated rings. The van der Waals surface area contributed by atoms with E-state index >= 15 is 0 Å². The molecule has 0 bridgehead atoms. The van der Waals surface area contributed by atoms with Gasteiger partial charge in [0, 0.05) is 6.42 Å². The molecule has 0 unspecified atom stereocenters. The predicted octanol–water partition coefficient (Wildman–Crippen LogP) is 2.56. The van der Waals surface area contributed by atoms with E-state index in [4.69, 9.17) is 0 Å². The molecule has 0 aliphatic carbocycles. The van der Waals surface area contributed by atoms with Crippen LogP contribution in [0.25, 0.3) is 0 Å². The van der Waals surface area contributed by atoms with Crippen LogP contribution in [0.4, 0.5) is 13.2 Å². The summed E-state index contributed by atoms with van der Waals surface area (Å²) < 4.78 is 44.0. The average molecular weight is 244 g/mol. The molecule has 0 aliphatic heterocycles. The van der Waals surface area contributed by atoms with Crippen LogP contribution in [0.15, 0.2) is 35.2 Å². The highest BCUT2D eigenvalue weighted by atomic mass is 19.4. The van der Waals surface area contributed by atoms with Crippen LogP contribution >= 0.6 is 0 Å². The van der Waals surface area contributed by atoms with Crippen LogP contribution in [0, 0.1) is 0 Å². The van der Waals surface area contributed by atoms with Crippen LogP contribution in [0.3, 0.4) is 0 Å². The summed E-state index contributed by atoms with van der Waals surface area (Å²) in [5, 5.41) is 3.60. The van der Waals surface area contributed by atoms with E-state index in [0.29, 0.717) is 12.2 Å². The second-order valence-corrected chi connectivity index (χ2v) is 3.22. The maximum Gasteiger partial charge on any atom is 0.573 e. The third-order valence-corrected chi connectivity index (χ3v) is 1.93. The van der Waals surface area contributed by atoms with Crippen LogP contribution in [0.5, 0.6) is 5.75 Å². The number of nitrogens with zero attached hydrogens (tertiary/aromatic N) is 2. The normalized spacial score (nSPS) is 11.5. The van der Waals surface area contributed by atoms with Gasteiger partial charge < -0.3 is 9.26 Å². The first-order valence-electron chi connectivity index (χ1n) is 4.63. The van der Waals surface area contributed by atoms with Crippen molar-refractivity contribution in [1.29, 1.82) is 0 Å². The fourth-order valence-electron chi connectivity index (χ4n) is 1.26. The average Bonchev–Trinajstić information content (AvgIpc) is 2.71. The number of benzene rings is 1. The number of aromatic nitrogens is 2. The lowest BCUT2D eigenvalue weighted by Crippen LogP contribution is -2.17. The van der Waals surface area contributed by atoms with Gasteiger partial charge in [0.05, 0.1) is 0 Å². The van der Waals surface area contributed by atoms with Crippen LogP contribution < -0.4 is 4.74 Å². The molecule has 1 aromatic heterocycles. The SMILES string of the molecule is FC(F)(F)Oc1ccc(Cc2ncon2)cc1. The molecule has 0 amide bonds. The molecule has 0 aliphatic rings. The fraction of sp³-hybridized carbons (Fsp3) is 0.200. The number of ether oxygens (including phenoxy) is 1. The molecule has 0 atom stereocenters. The lowest BCUT2D eigenvalue weighted by Gasteiger charge is -2.08. The van der Waals surface area contributed by atoms with E-state index in [-0.39, 0.29) is 5.75 Å². The van der Waals surface area contributed by atoms with Crippen molar-refractivity contribution in [3.63, 3.8) is 0 Å². The minimum atomic E-state index is -4.67. The first-order valence-corrected chi connectivity index (χ1v) is 4.63. The highest BCUT2D eigenvalue weighted by Gasteiger charge is 2.30. The van der Waals surface area contributed by atoms with Gasteiger partial charge in [-0.3, -0.25) is 0 Å². The molecular weight excluding hydrogens is 237 g/mol. The summed E-state index contributed by atoms with van der Waals surface area (Å²) in [4.78, 5) is 3.80. The molecule has 4 nitrogen and oxygen atoms in total. The highest BCUT2D eigenvalue weighted by molar-refractivity contribution is 5.28. The second kappa shape index (κ2) is 4.44. The van der Waals surface area contributed by atoms with Crippen LogP contribution in [-0.4, -0.2) is 16.5 Å². The molecule has 90 valence electrons. The molecule has 0 saturated heterocycles. The first kappa shape index (κ1) is 11.4. The number of rotatable bonds is 3. The maximum atomic E-state index is 11.9. The molecule has 2 aromatic rings. The van der Waals surface area contributed by atoms with Crippen LogP contribution in [0.2, 0.25) is 0 Å². The Morgan fingerprint density at radius 3 is 2.41 bits per heavy atom. The zero-order valence-electron chi connectivity index (χ0n) is 8.44. The van der Waals surface area contributed by atoms with Gasteiger partial charge in [-0.1, -0.05) is 17.3 Å². The minimum absolute atomic E-state index is 0.255. The van der Waals surface area contributed by atoms with Crippen molar-refractivity contribution in [2.45, 2.75) is 12.8 Å². The van der Waals surface area contributed by atoms with Gasteiger partial charge in [0.2, 0.25) is 6.39 Å². The summed E-state index contributed by atoms with van der Waals surface area (Å²) in [6.45, 7) is 0. The van der Waals surface area contributed by atoms with Crippen molar-refractivity contribution in [3.05, 3.63) is 42.0 Å². The molecule has 0 radical (unpaired) electrons. The van der Waals surface area contributed by atoms with E-state index in [9.17, 15) is 13.2 Å². The molecule has 0 saturated carbocycles. The van der Waals surface area contributed by atoms with Crippen molar-refractivity contribution in [2.75, 3.05) is 0 Å². The largest absolute Gasteiger partial charge is 0.573 e. The second-order valence-electron chi connectivity index (χ2n) is 3.22. The third kappa shape index (κ3) is 3.47. The summed E-state index contributed by atoms with van der Waals surface area (Å²) in [6, 6.07) is 5.50. The minimum Gasteiger partial charge on any atom is -0.406 e. The fourth-order valence-corrected chi connectivity index (χ4v) is 1.26. The number of alkyl halides is 3. The third-order valence-electron chi connectivity index (χ3n) is 1.93. The molecular formula is C10H7F3N2O2. The predicted molar refractivity (Wildman–Crippen MR) is 50.2 cm³/mol. The van der Waals surface area contributed by atoms with Crippen molar-refractivity contribution in [1.82, 2.24) is 10.1 Å². The monoisotopic (exact) mass is 244 g/mol. The van der Waals surface area contributed by atoms with Crippen molar-refractivity contribution in [3.8, 4) is 5.75 Å². The Morgan fingerprint density at radius 2 is 1.88 bits per heavy atom. The lowest BCUT2D eigenvalue weighted by atomic mass is 10.1. The molecule has 0 spiro atoms. The molecule has 17 heavy (non-hydrogen) atoms. The van der Waals surface area contributed by atoms with Crippen molar-refractivity contribution >= 4 is 0 Å². The van der Waals surface area contributed by atoms with E-state index in [2.05, 4.69) is 19.4 Å². The summed E-state index contributed by atoms with van der Waals surface area (Å²) >= 11 is 0. The molecule has 0 N–H and O–H groups in total. The smallest absolute Gasteiger partial charge is 0.406 e. The van der Waals surface area contributed by atoms with Crippen molar-refractivity contribution < 1.29 is 22.4 Å². The Labute approximate surface area is 94.0 Å². The number of hydrogen-bond acceptors (Lipinski definition) is 4. The first-order chi connectivity index (χ1) is 8.03. The zero-order valence-corrected chi connectivity index (χ0v) is 8.44. The number of hydrogen-bond donors (Lipinski definition) is 0. The van der Waals surface area contributed by atoms with Crippen LogP contribution in [0.1, 0.15) is 11.4 Å². The van der Waals surface area contributed by atoms with E-state index in [1.165, 1.54) is 30.7 Å². The summed E-state index contributed by atoms with van der Waals surface area (Å²) in [6.07, 6.45) is -3.09. The Balaban J connectivity index is 2.03. The molecule has 2 rings (SSSR count). The van der Waals surface area contributed by atoms with Gasteiger partial charge in [-0.2, -0.15) is 4.98 Å². The van der Waals surface area contributed by atoms with Gasteiger partial charge in [-0.05, 0) is 17.7 Å². The highest BCUT2D eigenvalue weighted by Crippen LogP contribution is 2.23. The van der Waals surface area contributed by atoms with Gasteiger partial charge in [0.1, 0.15) is 5.75 Å². The van der Waals surface area contributed by atoms with Gasteiger partial charge >= 0.3 is 6.36 Å². The van der Waals surface area contributed by atoms with Gasteiger partial charge in [-0.25, -0.2) is 0 Å². The Hall–Kier alpha value is -2.05. The molecule has 1 heterocycles. The topological polar surface area (TPSA) is 48.2 Å². The Bertz CT molecular complexity index is 465. The lowest BCUT2D eigenvalue weighted by molar-refractivity contribution is -0.274. The maximum absolute atomic E-state index is 11.9. The van der Waals surface area contributed by atoms with Crippen LogP contribution in [-0.2, 0) is 6.42 Å². The zero-order chi connectivity index (χ0) is 12.3. The van der Waals surface area contributed by atoms with Crippen molar-refractivity contribution in [2.24, 2.45) is 0 Å². The van der Waals surface area contributed by atoms with Gasteiger partial charge in [0.25, 0.3) is 0 Å². The summed E-state index contributed by atoms with van der Waals surface area (Å²) in [5.74, 6) is 0.212. The van der Waals surface area contributed by atoms with E-state index in [1.807, 2.05) is 0 Å². The summed E-state index contributed by atoms with van der Waals surface area (Å²) in [5.41, 5.74) is 0.765. The Kier molecular flexibility index (Phi) is 2.99. The van der Waals surface area contributed by atoms with Gasteiger partial charge in [0.15, 0.2) is 5.82 Å². The van der Waals surface area contributed by atoms with E-state index < -0.39 is 6.36 Å². The molecule has 7 heteroatoms.